The summed E-state index contributed by atoms with van der Waals surface area (Å²) in [7, 11) is 4.19. The second-order valence-electron chi connectivity index (χ2n) is 3.04. The molecule has 59 valence electrons. The van der Waals surface area contributed by atoms with E-state index in [0.717, 1.165) is 26.2 Å². The fourth-order valence-electron chi connectivity index (χ4n) is 1.22. The van der Waals surface area contributed by atoms with Gasteiger partial charge in [0.2, 0.25) is 0 Å². The average Bonchev–Trinajstić information content (AvgIpc) is 1.88. The highest BCUT2D eigenvalue weighted by atomic mass is 15.1. The summed E-state index contributed by atoms with van der Waals surface area (Å²) in [5.41, 5.74) is 0. The van der Waals surface area contributed by atoms with Crippen LogP contribution in [0.3, 0.4) is 0 Å². The first-order valence-electron chi connectivity index (χ1n) is 3.80. The molecule has 0 aromatic carbocycles. The Morgan fingerprint density at radius 2 is 2.40 bits per heavy atom. The van der Waals surface area contributed by atoms with Crippen molar-refractivity contribution in [3.05, 3.63) is 0 Å². The predicted molar refractivity (Wildman–Crippen MR) is 42.2 cm³/mol. The SMILES string of the molecule is CN(C)CC1C[N]CCN1. The first-order valence-corrected chi connectivity index (χ1v) is 3.80. The summed E-state index contributed by atoms with van der Waals surface area (Å²) >= 11 is 0. The van der Waals surface area contributed by atoms with Crippen molar-refractivity contribution in [2.24, 2.45) is 0 Å². The number of nitrogens with one attached hydrogen (secondary N) is 1. The fraction of sp³-hybridized carbons (Fsp3) is 1.00. The minimum atomic E-state index is 0.587. The first kappa shape index (κ1) is 7.98. The molecule has 0 spiro atoms. The highest BCUT2D eigenvalue weighted by molar-refractivity contribution is 4.76. The van der Waals surface area contributed by atoms with Gasteiger partial charge in [0.05, 0.1) is 0 Å². The molecule has 1 atom stereocenters. The van der Waals surface area contributed by atoms with E-state index in [1.54, 1.807) is 0 Å². The molecule has 1 unspecified atom stereocenters. The number of piperazine rings is 1. The zero-order valence-electron chi connectivity index (χ0n) is 6.80. The van der Waals surface area contributed by atoms with Crippen molar-refractivity contribution in [2.75, 3.05) is 40.3 Å². The van der Waals surface area contributed by atoms with Crippen LogP contribution in [-0.2, 0) is 0 Å². The molecule has 0 amide bonds. The Hall–Kier alpha value is -0.120. The fourth-order valence-corrected chi connectivity index (χ4v) is 1.22. The van der Waals surface area contributed by atoms with Gasteiger partial charge in [0.25, 0.3) is 0 Å². The lowest BCUT2D eigenvalue weighted by atomic mass is 10.2. The molecule has 1 aliphatic rings. The van der Waals surface area contributed by atoms with Gasteiger partial charge in [-0.3, -0.25) is 0 Å². The molecule has 10 heavy (non-hydrogen) atoms. The standard InChI is InChI=1S/C7H16N3/c1-10(2)6-7-5-8-3-4-9-7/h7,9H,3-6H2,1-2H3. The highest BCUT2D eigenvalue weighted by Crippen LogP contribution is 1.89. The largest absolute Gasteiger partial charge is 0.310 e. The Kier molecular flexibility index (Phi) is 3.12. The van der Waals surface area contributed by atoms with Crippen molar-refractivity contribution < 1.29 is 0 Å². The van der Waals surface area contributed by atoms with Crippen LogP contribution in [0.4, 0.5) is 0 Å². The van der Waals surface area contributed by atoms with Crippen molar-refractivity contribution in [1.82, 2.24) is 15.5 Å². The van der Waals surface area contributed by atoms with Gasteiger partial charge in [-0.25, -0.2) is 5.32 Å². The molecule has 0 aromatic rings. The third-order valence-corrected chi connectivity index (χ3v) is 1.64. The summed E-state index contributed by atoms with van der Waals surface area (Å²) in [5.74, 6) is 0. The number of hydrogen-bond acceptors (Lipinski definition) is 2. The third-order valence-electron chi connectivity index (χ3n) is 1.64. The summed E-state index contributed by atoms with van der Waals surface area (Å²) in [6.07, 6.45) is 0. The van der Waals surface area contributed by atoms with Crippen LogP contribution in [-0.4, -0.2) is 51.2 Å². The number of hydrogen-bond donors (Lipinski definition) is 1. The first-order chi connectivity index (χ1) is 4.79. The smallest absolute Gasteiger partial charge is 0.0337 e. The minimum Gasteiger partial charge on any atom is -0.310 e. The summed E-state index contributed by atoms with van der Waals surface area (Å²) in [4.78, 5) is 2.19. The van der Waals surface area contributed by atoms with E-state index in [9.17, 15) is 0 Å². The quantitative estimate of drug-likeness (QED) is 0.543. The van der Waals surface area contributed by atoms with Crippen molar-refractivity contribution in [3.8, 4) is 0 Å². The van der Waals surface area contributed by atoms with Crippen molar-refractivity contribution >= 4 is 0 Å². The molecule has 0 aliphatic carbocycles. The topological polar surface area (TPSA) is 29.4 Å². The molecule has 3 nitrogen and oxygen atoms in total. The molecule has 1 aliphatic heterocycles. The molecule has 1 N–H and O–H groups in total. The summed E-state index contributed by atoms with van der Waals surface area (Å²) in [6.45, 7) is 4.13. The van der Waals surface area contributed by atoms with Crippen LogP contribution >= 0.6 is 0 Å². The highest BCUT2D eigenvalue weighted by Gasteiger charge is 2.12. The van der Waals surface area contributed by atoms with Gasteiger partial charge >= 0.3 is 0 Å². The zero-order valence-corrected chi connectivity index (χ0v) is 6.80. The minimum absolute atomic E-state index is 0.587. The van der Waals surface area contributed by atoms with Crippen LogP contribution in [0.15, 0.2) is 0 Å². The maximum absolute atomic E-state index is 4.32. The number of rotatable bonds is 2. The van der Waals surface area contributed by atoms with E-state index in [1.807, 2.05) is 0 Å². The summed E-state index contributed by atoms with van der Waals surface area (Å²) in [6, 6.07) is 0.587. The number of likely N-dealkylation sites (N-methyl/N-ethyl adjacent to an activating group) is 1. The Labute approximate surface area is 62.8 Å². The lowest BCUT2D eigenvalue weighted by molar-refractivity contribution is 0.306. The lowest BCUT2D eigenvalue weighted by Crippen LogP contribution is -2.49. The Morgan fingerprint density at radius 1 is 1.60 bits per heavy atom. The monoisotopic (exact) mass is 142 g/mol. The van der Waals surface area contributed by atoms with E-state index in [-0.39, 0.29) is 0 Å². The van der Waals surface area contributed by atoms with Gasteiger partial charge < -0.3 is 10.2 Å². The van der Waals surface area contributed by atoms with Crippen LogP contribution in [0.5, 0.6) is 0 Å². The Bertz CT molecular complexity index is 86.9. The molecular formula is C7H16N3. The van der Waals surface area contributed by atoms with E-state index >= 15 is 0 Å². The predicted octanol–water partition coefficient (Wildman–Crippen LogP) is -0.876. The molecule has 1 fully saturated rings. The molecule has 1 saturated heterocycles. The third kappa shape index (κ3) is 2.64. The molecule has 3 heteroatoms. The van der Waals surface area contributed by atoms with Crippen LogP contribution in [0, 0.1) is 0 Å². The normalized spacial score (nSPS) is 27.3. The Morgan fingerprint density at radius 3 is 2.90 bits per heavy atom. The zero-order chi connectivity index (χ0) is 7.40. The van der Waals surface area contributed by atoms with Gasteiger partial charge in [-0.05, 0) is 14.1 Å². The van der Waals surface area contributed by atoms with Gasteiger partial charge in [0, 0.05) is 32.2 Å². The lowest BCUT2D eigenvalue weighted by Gasteiger charge is -2.25. The Balaban J connectivity index is 2.13. The van der Waals surface area contributed by atoms with Gasteiger partial charge in [-0.15, -0.1) is 0 Å². The maximum atomic E-state index is 4.32. The molecule has 0 aromatic heterocycles. The molecule has 0 saturated carbocycles. The van der Waals surface area contributed by atoms with Gasteiger partial charge in [0.1, 0.15) is 0 Å². The molecule has 1 heterocycles. The molecule has 0 bridgehead atoms. The number of nitrogens with zero attached hydrogens (tertiary/aromatic N) is 2. The van der Waals surface area contributed by atoms with Crippen LogP contribution < -0.4 is 10.6 Å². The van der Waals surface area contributed by atoms with E-state index in [0.29, 0.717) is 6.04 Å². The molecular weight excluding hydrogens is 126 g/mol. The van der Waals surface area contributed by atoms with Gasteiger partial charge in [0.15, 0.2) is 0 Å². The molecule has 1 rings (SSSR count). The van der Waals surface area contributed by atoms with Crippen molar-refractivity contribution in [3.63, 3.8) is 0 Å². The second kappa shape index (κ2) is 3.91. The molecule has 1 radical (unpaired) electrons. The van der Waals surface area contributed by atoms with Crippen LogP contribution in [0.1, 0.15) is 0 Å². The van der Waals surface area contributed by atoms with E-state index in [4.69, 9.17) is 0 Å². The van der Waals surface area contributed by atoms with Crippen molar-refractivity contribution in [2.45, 2.75) is 6.04 Å². The van der Waals surface area contributed by atoms with Gasteiger partial charge in [-0.1, -0.05) is 0 Å². The summed E-state index contributed by atoms with van der Waals surface area (Å²) < 4.78 is 0. The van der Waals surface area contributed by atoms with Crippen molar-refractivity contribution in [1.29, 1.82) is 0 Å². The van der Waals surface area contributed by atoms with E-state index in [2.05, 4.69) is 29.6 Å². The van der Waals surface area contributed by atoms with E-state index < -0.39 is 0 Å². The summed E-state index contributed by atoms with van der Waals surface area (Å²) in [5, 5.41) is 7.74. The van der Waals surface area contributed by atoms with Crippen LogP contribution in [0.2, 0.25) is 0 Å². The maximum Gasteiger partial charge on any atom is 0.0337 e. The van der Waals surface area contributed by atoms with E-state index in [1.165, 1.54) is 0 Å². The average molecular weight is 142 g/mol. The van der Waals surface area contributed by atoms with Crippen LogP contribution in [0.25, 0.3) is 0 Å². The second-order valence-corrected chi connectivity index (χ2v) is 3.04. The van der Waals surface area contributed by atoms with Gasteiger partial charge in [-0.2, -0.15) is 0 Å².